The van der Waals surface area contributed by atoms with Gasteiger partial charge in [0.15, 0.2) is 0 Å². The standard InChI is InChI=1S/C28H40Cl2Si/c1-3-5-7-9-11-13-19-31(20-14-12-10-8-6-4-2)27-21-23(29)15-17-25(27)26-18-16-24(30)22-28(26)31/h15-18,21-22H,3-14,19-20H2,1-2H3. The van der Waals surface area contributed by atoms with E-state index in [2.05, 4.69) is 50.2 Å². The van der Waals surface area contributed by atoms with Gasteiger partial charge in [-0.1, -0.05) is 126 Å². The highest BCUT2D eigenvalue weighted by Crippen LogP contribution is 2.37. The molecule has 31 heavy (non-hydrogen) atoms. The molecule has 0 aliphatic carbocycles. The summed E-state index contributed by atoms with van der Waals surface area (Å²) in [4.78, 5) is 0. The van der Waals surface area contributed by atoms with Crippen molar-refractivity contribution >= 4 is 41.6 Å². The molecule has 3 heteroatoms. The molecule has 1 aliphatic rings. The third-order valence-corrected chi connectivity index (χ3v) is 13.0. The molecule has 0 aromatic heterocycles. The lowest BCUT2D eigenvalue weighted by Gasteiger charge is -2.30. The molecule has 0 nitrogen and oxygen atoms in total. The normalized spacial score (nSPS) is 13.9. The fraction of sp³-hybridized carbons (Fsp3) is 0.571. The summed E-state index contributed by atoms with van der Waals surface area (Å²) in [7, 11) is -1.84. The molecular weight excluding hydrogens is 435 g/mol. The van der Waals surface area contributed by atoms with Gasteiger partial charge in [-0.05, 0) is 57.9 Å². The van der Waals surface area contributed by atoms with Crippen LogP contribution in [0.5, 0.6) is 0 Å². The summed E-state index contributed by atoms with van der Waals surface area (Å²) in [5.74, 6) is 0. The van der Waals surface area contributed by atoms with Crippen LogP contribution in [0.15, 0.2) is 36.4 Å². The highest BCUT2D eigenvalue weighted by Gasteiger charge is 2.44. The number of hydrogen-bond acceptors (Lipinski definition) is 0. The molecule has 0 fully saturated rings. The largest absolute Gasteiger partial charge is 0.119 e. The Morgan fingerprint density at radius 2 is 0.935 bits per heavy atom. The van der Waals surface area contributed by atoms with Gasteiger partial charge in [-0.3, -0.25) is 0 Å². The molecule has 0 N–H and O–H groups in total. The second-order valence-corrected chi connectivity index (χ2v) is 14.6. The third-order valence-electron chi connectivity index (χ3n) is 7.20. The molecule has 0 saturated heterocycles. The molecule has 0 amide bonds. The van der Waals surface area contributed by atoms with E-state index in [-0.39, 0.29) is 0 Å². The van der Waals surface area contributed by atoms with Crippen LogP contribution in [-0.2, 0) is 0 Å². The molecule has 3 rings (SSSR count). The van der Waals surface area contributed by atoms with Crippen LogP contribution in [0, 0.1) is 0 Å². The molecule has 0 saturated carbocycles. The number of rotatable bonds is 14. The van der Waals surface area contributed by atoms with Crippen LogP contribution in [0.2, 0.25) is 22.1 Å². The van der Waals surface area contributed by atoms with E-state index in [0.29, 0.717) is 0 Å². The summed E-state index contributed by atoms with van der Waals surface area (Å²) in [5, 5.41) is 4.94. The van der Waals surface area contributed by atoms with Crippen LogP contribution in [0.1, 0.15) is 90.9 Å². The van der Waals surface area contributed by atoms with Crippen molar-refractivity contribution < 1.29 is 0 Å². The zero-order chi connectivity index (χ0) is 22.1. The monoisotopic (exact) mass is 474 g/mol. The maximum absolute atomic E-state index is 6.56. The zero-order valence-corrected chi connectivity index (χ0v) is 22.1. The summed E-state index contributed by atoms with van der Waals surface area (Å²) in [6.45, 7) is 4.59. The zero-order valence-electron chi connectivity index (χ0n) is 19.6. The molecule has 0 spiro atoms. The first-order valence-electron chi connectivity index (χ1n) is 12.7. The summed E-state index contributed by atoms with van der Waals surface area (Å²) < 4.78 is 0. The predicted octanol–water partition coefficient (Wildman–Crippen LogP) is 9.26. The Hall–Kier alpha value is -0.763. The van der Waals surface area contributed by atoms with E-state index in [4.69, 9.17) is 23.2 Å². The third kappa shape index (κ3) is 6.18. The van der Waals surface area contributed by atoms with Crippen molar-refractivity contribution in [3.63, 3.8) is 0 Å². The van der Waals surface area contributed by atoms with Gasteiger partial charge in [0.05, 0.1) is 0 Å². The lowest BCUT2D eigenvalue weighted by atomic mass is 10.1. The fourth-order valence-corrected chi connectivity index (χ4v) is 11.7. The van der Waals surface area contributed by atoms with Gasteiger partial charge in [0.25, 0.3) is 0 Å². The summed E-state index contributed by atoms with van der Waals surface area (Å²) in [5.41, 5.74) is 2.86. The van der Waals surface area contributed by atoms with Crippen molar-refractivity contribution in [3.05, 3.63) is 46.4 Å². The lowest BCUT2D eigenvalue weighted by molar-refractivity contribution is 0.616. The number of hydrogen-bond donors (Lipinski definition) is 0. The number of benzene rings is 2. The van der Waals surface area contributed by atoms with Gasteiger partial charge in [-0.15, -0.1) is 0 Å². The first-order chi connectivity index (χ1) is 15.1. The van der Waals surface area contributed by atoms with E-state index in [1.54, 1.807) is 10.4 Å². The average molecular weight is 476 g/mol. The summed E-state index contributed by atoms with van der Waals surface area (Å²) >= 11 is 13.1. The van der Waals surface area contributed by atoms with Crippen molar-refractivity contribution in [3.8, 4) is 11.1 Å². The molecule has 170 valence electrons. The van der Waals surface area contributed by atoms with Crippen molar-refractivity contribution in [1.82, 2.24) is 0 Å². The maximum Gasteiger partial charge on any atom is 0.119 e. The molecule has 1 aliphatic heterocycles. The van der Waals surface area contributed by atoms with Crippen LogP contribution in [0.3, 0.4) is 0 Å². The fourth-order valence-electron chi connectivity index (χ4n) is 5.52. The first kappa shape index (κ1) is 24.9. The highest BCUT2D eigenvalue weighted by atomic mass is 35.5. The van der Waals surface area contributed by atoms with E-state index < -0.39 is 8.07 Å². The van der Waals surface area contributed by atoms with E-state index in [0.717, 1.165) is 10.0 Å². The Bertz CT molecular complexity index is 760. The Morgan fingerprint density at radius 3 is 1.35 bits per heavy atom. The SMILES string of the molecule is CCCCCCCC[Si]1(CCCCCCCC)c2cc(Cl)ccc2-c2ccc(Cl)cc21. The Labute approximate surface area is 201 Å². The number of unbranched alkanes of at least 4 members (excludes halogenated alkanes) is 10. The summed E-state index contributed by atoms with van der Waals surface area (Å²) in [6.07, 6.45) is 16.3. The van der Waals surface area contributed by atoms with Gasteiger partial charge in [0.1, 0.15) is 8.07 Å². The van der Waals surface area contributed by atoms with Crippen molar-refractivity contribution in [1.29, 1.82) is 0 Å². The van der Waals surface area contributed by atoms with Gasteiger partial charge >= 0.3 is 0 Å². The van der Waals surface area contributed by atoms with Crippen molar-refractivity contribution in [2.45, 2.75) is 103 Å². The topological polar surface area (TPSA) is 0 Å². The quantitative estimate of drug-likeness (QED) is 0.189. The molecule has 2 aromatic carbocycles. The second kappa shape index (κ2) is 12.5. The van der Waals surface area contributed by atoms with Crippen LogP contribution in [-0.4, -0.2) is 8.07 Å². The highest BCUT2D eigenvalue weighted by molar-refractivity contribution is 7.05. The van der Waals surface area contributed by atoms with E-state index in [9.17, 15) is 0 Å². The van der Waals surface area contributed by atoms with Gasteiger partial charge in [0.2, 0.25) is 0 Å². The smallest absolute Gasteiger partial charge is 0.0843 e. The van der Waals surface area contributed by atoms with Crippen LogP contribution >= 0.6 is 23.2 Å². The van der Waals surface area contributed by atoms with Crippen molar-refractivity contribution in [2.75, 3.05) is 0 Å². The molecule has 0 radical (unpaired) electrons. The summed E-state index contributed by atoms with van der Waals surface area (Å²) in [6, 6.07) is 16.0. The van der Waals surface area contributed by atoms with Crippen LogP contribution < -0.4 is 10.4 Å². The lowest BCUT2D eigenvalue weighted by Crippen LogP contribution is -2.55. The number of halogens is 2. The average Bonchev–Trinajstić information content (AvgIpc) is 3.02. The first-order valence-corrected chi connectivity index (χ1v) is 15.9. The molecule has 0 atom stereocenters. The minimum Gasteiger partial charge on any atom is -0.0843 e. The van der Waals surface area contributed by atoms with E-state index >= 15 is 0 Å². The minimum atomic E-state index is -1.84. The Morgan fingerprint density at radius 1 is 0.548 bits per heavy atom. The maximum atomic E-state index is 6.56. The molecular formula is C28H40Cl2Si. The van der Waals surface area contributed by atoms with E-state index in [1.807, 2.05) is 0 Å². The van der Waals surface area contributed by atoms with Gasteiger partial charge in [0, 0.05) is 10.0 Å². The molecule has 0 unspecified atom stereocenters. The second-order valence-electron chi connectivity index (χ2n) is 9.50. The molecule has 1 heterocycles. The van der Waals surface area contributed by atoms with Gasteiger partial charge in [-0.2, -0.15) is 0 Å². The number of fused-ring (bicyclic) bond motifs is 3. The van der Waals surface area contributed by atoms with Crippen LogP contribution in [0.25, 0.3) is 11.1 Å². The molecule has 2 aromatic rings. The predicted molar refractivity (Wildman–Crippen MR) is 143 cm³/mol. The minimum absolute atomic E-state index is 0.889. The van der Waals surface area contributed by atoms with Gasteiger partial charge in [-0.25, -0.2) is 0 Å². The molecule has 0 bridgehead atoms. The Balaban J connectivity index is 1.85. The Kier molecular flexibility index (Phi) is 10.0. The van der Waals surface area contributed by atoms with Gasteiger partial charge < -0.3 is 0 Å². The van der Waals surface area contributed by atoms with E-state index in [1.165, 1.54) is 100 Å². The van der Waals surface area contributed by atoms with Crippen LogP contribution in [0.4, 0.5) is 0 Å². The van der Waals surface area contributed by atoms with Crippen molar-refractivity contribution in [2.24, 2.45) is 0 Å².